The highest BCUT2D eigenvalue weighted by Gasteiger charge is 2.08. The molecule has 0 aromatic heterocycles. The number of carboxylic acid groups (broad SMARTS) is 1. The first-order valence-electron chi connectivity index (χ1n) is 6.26. The van der Waals surface area contributed by atoms with E-state index in [1.54, 1.807) is 0 Å². The van der Waals surface area contributed by atoms with E-state index < -0.39 is 18.1 Å². The Bertz CT molecular complexity index is 231. The molecular formula is C12H22NO4-. The second kappa shape index (κ2) is 10.1. The summed E-state index contributed by atoms with van der Waals surface area (Å²) in [7, 11) is 0. The van der Waals surface area contributed by atoms with E-state index in [1.165, 1.54) is 25.7 Å². The molecule has 0 spiro atoms. The summed E-state index contributed by atoms with van der Waals surface area (Å²) in [6.45, 7) is 2.16. The lowest BCUT2D eigenvalue weighted by molar-refractivity contribution is -0.316. The molecule has 1 atom stereocenters. The van der Waals surface area contributed by atoms with Gasteiger partial charge in [0.2, 0.25) is 5.91 Å². The van der Waals surface area contributed by atoms with Gasteiger partial charge in [-0.05, 0) is 6.42 Å². The van der Waals surface area contributed by atoms with E-state index in [1.807, 2.05) is 5.32 Å². The highest BCUT2D eigenvalue weighted by atomic mass is 16.4. The van der Waals surface area contributed by atoms with E-state index >= 15 is 0 Å². The molecule has 17 heavy (non-hydrogen) atoms. The Hall–Kier alpha value is -1.10. The van der Waals surface area contributed by atoms with Crippen molar-refractivity contribution in [2.24, 2.45) is 0 Å². The third kappa shape index (κ3) is 9.81. The zero-order chi connectivity index (χ0) is 13.1. The third-order valence-corrected chi connectivity index (χ3v) is 2.53. The van der Waals surface area contributed by atoms with E-state index in [9.17, 15) is 14.7 Å². The molecule has 100 valence electrons. The lowest BCUT2D eigenvalue weighted by Crippen LogP contribution is -2.47. The number of hydrogen-bond donors (Lipinski definition) is 2. The molecule has 0 aliphatic carbocycles. The fourth-order valence-electron chi connectivity index (χ4n) is 1.53. The van der Waals surface area contributed by atoms with Crippen molar-refractivity contribution >= 4 is 11.9 Å². The van der Waals surface area contributed by atoms with Crippen LogP contribution in [0, 0.1) is 0 Å². The SMILES string of the molecule is CCCCCCCCCC(=O)N[C@@H](O)C(=O)[O-]. The van der Waals surface area contributed by atoms with Crippen molar-refractivity contribution in [1.82, 2.24) is 5.32 Å². The first-order valence-corrected chi connectivity index (χ1v) is 6.26. The van der Waals surface area contributed by atoms with E-state index in [2.05, 4.69) is 6.92 Å². The van der Waals surface area contributed by atoms with Crippen LogP contribution >= 0.6 is 0 Å². The normalized spacial score (nSPS) is 12.1. The summed E-state index contributed by atoms with van der Waals surface area (Å²) in [5, 5.41) is 20.9. The minimum Gasteiger partial charge on any atom is -0.545 e. The third-order valence-electron chi connectivity index (χ3n) is 2.53. The van der Waals surface area contributed by atoms with Crippen molar-refractivity contribution < 1.29 is 19.8 Å². The summed E-state index contributed by atoms with van der Waals surface area (Å²) >= 11 is 0. The largest absolute Gasteiger partial charge is 0.545 e. The van der Waals surface area contributed by atoms with Gasteiger partial charge in [0.05, 0.1) is 5.97 Å². The zero-order valence-electron chi connectivity index (χ0n) is 10.4. The van der Waals surface area contributed by atoms with Crippen LogP contribution in [-0.4, -0.2) is 23.2 Å². The number of aliphatic hydroxyl groups excluding tert-OH is 1. The van der Waals surface area contributed by atoms with Crippen LogP contribution in [0.4, 0.5) is 0 Å². The van der Waals surface area contributed by atoms with Gasteiger partial charge in [-0.1, -0.05) is 45.4 Å². The maximum absolute atomic E-state index is 11.1. The van der Waals surface area contributed by atoms with E-state index in [4.69, 9.17) is 5.11 Å². The number of carbonyl (C=O) groups excluding carboxylic acids is 2. The molecule has 0 unspecified atom stereocenters. The molecule has 0 bridgehead atoms. The van der Waals surface area contributed by atoms with Gasteiger partial charge in [0, 0.05) is 6.42 Å². The fourth-order valence-corrected chi connectivity index (χ4v) is 1.53. The first-order chi connectivity index (χ1) is 8.07. The molecular weight excluding hydrogens is 222 g/mol. The number of aliphatic hydroxyl groups is 1. The number of aliphatic carboxylic acids is 1. The topological polar surface area (TPSA) is 89.5 Å². The second-order valence-corrected chi connectivity index (χ2v) is 4.16. The molecule has 0 saturated heterocycles. The number of amides is 1. The summed E-state index contributed by atoms with van der Waals surface area (Å²) in [5.41, 5.74) is 0. The predicted molar refractivity (Wildman–Crippen MR) is 61.8 cm³/mol. The summed E-state index contributed by atoms with van der Waals surface area (Å²) < 4.78 is 0. The van der Waals surface area contributed by atoms with Crippen LogP contribution in [0.25, 0.3) is 0 Å². The van der Waals surface area contributed by atoms with Crippen molar-refractivity contribution in [1.29, 1.82) is 0 Å². The fraction of sp³-hybridized carbons (Fsp3) is 0.833. The van der Waals surface area contributed by atoms with Crippen LogP contribution in [0.1, 0.15) is 58.3 Å². The maximum Gasteiger partial charge on any atom is 0.222 e. The molecule has 0 aliphatic rings. The lowest BCUT2D eigenvalue weighted by atomic mass is 10.1. The summed E-state index contributed by atoms with van der Waals surface area (Å²) in [5.74, 6) is -2.13. The van der Waals surface area contributed by atoms with Gasteiger partial charge in [0.25, 0.3) is 0 Å². The van der Waals surface area contributed by atoms with Gasteiger partial charge in [-0.2, -0.15) is 0 Å². The molecule has 0 rings (SSSR count). The number of unbranched alkanes of at least 4 members (excludes halogenated alkanes) is 6. The van der Waals surface area contributed by atoms with E-state index in [0.29, 0.717) is 0 Å². The Morgan fingerprint density at radius 2 is 1.65 bits per heavy atom. The number of carboxylic acids is 1. The molecule has 0 heterocycles. The molecule has 0 fully saturated rings. The lowest BCUT2D eigenvalue weighted by Gasteiger charge is -2.13. The minimum atomic E-state index is -1.90. The van der Waals surface area contributed by atoms with Crippen LogP contribution < -0.4 is 10.4 Å². The minimum absolute atomic E-state index is 0.248. The standard InChI is InChI=1S/C12H23NO4/c1-2-3-4-5-6-7-8-9-10(14)13-11(15)12(16)17/h11,15H,2-9H2,1H3,(H,13,14)(H,16,17)/p-1/t11-/m0/s1. The summed E-state index contributed by atoms with van der Waals surface area (Å²) in [6, 6.07) is 0. The molecule has 0 aromatic rings. The first kappa shape index (κ1) is 15.9. The molecule has 5 heteroatoms. The van der Waals surface area contributed by atoms with Gasteiger partial charge in [0.15, 0.2) is 6.23 Å². The van der Waals surface area contributed by atoms with Crippen LogP contribution in [0.5, 0.6) is 0 Å². The Kier molecular flexibility index (Phi) is 9.43. The highest BCUT2D eigenvalue weighted by Crippen LogP contribution is 2.08. The average Bonchev–Trinajstić information content (AvgIpc) is 2.27. The van der Waals surface area contributed by atoms with Crippen molar-refractivity contribution in [3.8, 4) is 0 Å². The Morgan fingerprint density at radius 1 is 1.12 bits per heavy atom. The van der Waals surface area contributed by atoms with Crippen molar-refractivity contribution in [3.63, 3.8) is 0 Å². The van der Waals surface area contributed by atoms with Gasteiger partial charge in [-0.3, -0.25) is 4.79 Å². The second-order valence-electron chi connectivity index (χ2n) is 4.16. The van der Waals surface area contributed by atoms with Crippen LogP contribution in [0.3, 0.4) is 0 Å². The molecule has 0 radical (unpaired) electrons. The molecule has 0 aliphatic heterocycles. The predicted octanol–water partition coefficient (Wildman–Crippen LogP) is 0.312. The van der Waals surface area contributed by atoms with Gasteiger partial charge in [-0.25, -0.2) is 0 Å². The van der Waals surface area contributed by atoms with Gasteiger partial charge >= 0.3 is 0 Å². The summed E-state index contributed by atoms with van der Waals surface area (Å²) in [4.78, 5) is 21.3. The molecule has 1 amide bonds. The number of nitrogens with one attached hydrogen (secondary N) is 1. The van der Waals surface area contributed by atoms with Gasteiger partial charge < -0.3 is 20.3 Å². The van der Waals surface area contributed by atoms with E-state index in [-0.39, 0.29) is 6.42 Å². The van der Waals surface area contributed by atoms with Gasteiger partial charge in [0.1, 0.15) is 0 Å². The van der Waals surface area contributed by atoms with Crippen LogP contribution in [0.2, 0.25) is 0 Å². The van der Waals surface area contributed by atoms with E-state index in [0.717, 1.165) is 19.3 Å². The van der Waals surface area contributed by atoms with Crippen LogP contribution in [-0.2, 0) is 9.59 Å². The number of rotatable bonds is 10. The number of hydrogen-bond acceptors (Lipinski definition) is 4. The molecule has 0 aromatic carbocycles. The van der Waals surface area contributed by atoms with Crippen molar-refractivity contribution in [2.45, 2.75) is 64.5 Å². The maximum atomic E-state index is 11.1. The Balaban J connectivity index is 3.36. The zero-order valence-corrected chi connectivity index (χ0v) is 10.4. The highest BCUT2D eigenvalue weighted by molar-refractivity contribution is 5.81. The average molecular weight is 244 g/mol. The summed E-state index contributed by atoms with van der Waals surface area (Å²) in [6.07, 6.45) is 5.99. The van der Waals surface area contributed by atoms with Gasteiger partial charge in [-0.15, -0.1) is 0 Å². The van der Waals surface area contributed by atoms with Crippen LogP contribution in [0.15, 0.2) is 0 Å². The number of carbonyl (C=O) groups is 2. The smallest absolute Gasteiger partial charge is 0.222 e. The van der Waals surface area contributed by atoms with Crippen molar-refractivity contribution in [2.75, 3.05) is 0 Å². The van der Waals surface area contributed by atoms with Crippen molar-refractivity contribution in [3.05, 3.63) is 0 Å². The molecule has 5 nitrogen and oxygen atoms in total. The molecule has 2 N–H and O–H groups in total. The monoisotopic (exact) mass is 244 g/mol. The quantitative estimate of drug-likeness (QED) is 0.427. The molecule has 0 saturated carbocycles. The Labute approximate surface area is 102 Å². The Morgan fingerprint density at radius 3 is 2.18 bits per heavy atom.